The van der Waals surface area contributed by atoms with Gasteiger partial charge in [-0.2, -0.15) is 0 Å². The van der Waals surface area contributed by atoms with Gasteiger partial charge in [0, 0.05) is 19.8 Å². The van der Waals surface area contributed by atoms with Crippen molar-refractivity contribution in [3.63, 3.8) is 0 Å². The second-order valence-electron chi connectivity index (χ2n) is 3.07. The van der Waals surface area contributed by atoms with Crippen LogP contribution < -0.4 is 4.74 Å². The van der Waals surface area contributed by atoms with Crippen LogP contribution >= 0.6 is 0 Å². The Bertz CT molecular complexity index is 288. The molecule has 0 N–H and O–H groups in total. The molecule has 0 aliphatic carbocycles. The third-order valence-corrected chi connectivity index (χ3v) is 1.96. The lowest BCUT2D eigenvalue weighted by Gasteiger charge is -2.15. The first kappa shape index (κ1) is 13.6. The van der Waals surface area contributed by atoms with Gasteiger partial charge < -0.3 is 9.64 Å². The van der Waals surface area contributed by atoms with E-state index in [4.69, 9.17) is 4.74 Å². The maximum atomic E-state index is 5.07. The van der Waals surface area contributed by atoms with Crippen LogP contribution in [0.2, 0.25) is 0 Å². The number of hydrogen-bond donors (Lipinski definition) is 0. The molecule has 1 rings (SSSR count). The molecule has 0 amide bonds. The van der Waals surface area contributed by atoms with Crippen molar-refractivity contribution in [1.82, 2.24) is 4.90 Å². The van der Waals surface area contributed by atoms with Crippen LogP contribution in [0.4, 0.5) is 0 Å². The van der Waals surface area contributed by atoms with Crippen molar-refractivity contribution in [2.24, 2.45) is 0 Å². The average molecular weight is 207 g/mol. The van der Waals surface area contributed by atoms with Crippen LogP contribution in [-0.2, 0) is 0 Å². The van der Waals surface area contributed by atoms with Gasteiger partial charge in [0.15, 0.2) is 0 Å². The molecule has 0 aliphatic rings. The van der Waals surface area contributed by atoms with Gasteiger partial charge in [0.05, 0.1) is 7.11 Å². The lowest BCUT2D eigenvalue weighted by atomic mass is 10.1. The molecule has 0 heterocycles. The third-order valence-electron chi connectivity index (χ3n) is 1.96. The number of ether oxygens (including phenoxy) is 1. The molecule has 0 bridgehead atoms. The van der Waals surface area contributed by atoms with E-state index < -0.39 is 0 Å². The molecule has 0 saturated heterocycles. The minimum Gasteiger partial charge on any atom is -0.497 e. The first-order chi connectivity index (χ1) is 7.15. The second-order valence-corrected chi connectivity index (χ2v) is 3.07. The lowest BCUT2D eigenvalue weighted by molar-refractivity contribution is 0.414. The van der Waals surface area contributed by atoms with Gasteiger partial charge in [0.25, 0.3) is 0 Å². The van der Waals surface area contributed by atoms with Gasteiger partial charge in [-0.05, 0) is 29.8 Å². The molecule has 1 aromatic carbocycles. The van der Waals surface area contributed by atoms with E-state index in [1.165, 1.54) is 0 Å². The molecular formula is C13H21NO. The molecule has 0 atom stereocenters. The van der Waals surface area contributed by atoms with E-state index in [-0.39, 0.29) is 0 Å². The highest BCUT2D eigenvalue weighted by Crippen LogP contribution is 2.18. The molecule has 0 fully saturated rings. The van der Waals surface area contributed by atoms with Gasteiger partial charge in [0.1, 0.15) is 5.75 Å². The molecule has 0 aliphatic heterocycles. The molecule has 0 radical (unpaired) electrons. The Morgan fingerprint density at radius 2 is 1.60 bits per heavy atom. The van der Waals surface area contributed by atoms with E-state index in [9.17, 15) is 0 Å². The fourth-order valence-electron chi connectivity index (χ4n) is 1.04. The number of hydrogen-bond acceptors (Lipinski definition) is 2. The standard InChI is InChI=1S/C11H15NO.C2H6/c1-9(12(2)3)10-5-7-11(13-4)8-6-10;1-2/h5-8H,1H2,2-4H3;1-2H3. The van der Waals surface area contributed by atoms with Crippen LogP contribution in [0.25, 0.3) is 5.70 Å². The van der Waals surface area contributed by atoms with Gasteiger partial charge in [-0.15, -0.1) is 0 Å². The predicted octanol–water partition coefficient (Wildman–Crippen LogP) is 3.25. The highest BCUT2D eigenvalue weighted by atomic mass is 16.5. The van der Waals surface area contributed by atoms with Crippen LogP contribution in [-0.4, -0.2) is 26.1 Å². The first-order valence-electron chi connectivity index (χ1n) is 5.16. The molecule has 2 heteroatoms. The Kier molecular flexibility index (Phi) is 6.27. The zero-order valence-corrected chi connectivity index (χ0v) is 10.4. The third kappa shape index (κ3) is 4.07. The smallest absolute Gasteiger partial charge is 0.118 e. The van der Waals surface area contributed by atoms with E-state index in [0.717, 1.165) is 17.0 Å². The summed E-state index contributed by atoms with van der Waals surface area (Å²) in [4.78, 5) is 1.99. The van der Waals surface area contributed by atoms with Crippen molar-refractivity contribution in [3.05, 3.63) is 36.4 Å². The Morgan fingerprint density at radius 3 is 1.93 bits per heavy atom. The topological polar surface area (TPSA) is 12.5 Å². The number of rotatable bonds is 3. The van der Waals surface area contributed by atoms with Crippen LogP contribution in [0.1, 0.15) is 19.4 Å². The quantitative estimate of drug-likeness (QED) is 0.754. The molecule has 1 aromatic rings. The summed E-state index contributed by atoms with van der Waals surface area (Å²) in [5, 5.41) is 0. The Labute approximate surface area is 93.2 Å². The van der Waals surface area contributed by atoms with Gasteiger partial charge in [-0.25, -0.2) is 0 Å². The second kappa shape index (κ2) is 6.93. The number of nitrogens with zero attached hydrogens (tertiary/aromatic N) is 1. The lowest BCUT2D eigenvalue weighted by Crippen LogP contribution is -2.08. The minimum atomic E-state index is 0.871. The van der Waals surface area contributed by atoms with Gasteiger partial charge in [-0.3, -0.25) is 0 Å². The Balaban J connectivity index is 0.000000921. The van der Waals surface area contributed by atoms with Crippen molar-refractivity contribution in [2.45, 2.75) is 13.8 Å². The van der Waals surface area contributed by atoms with Crippen molar-refractivity contribution in [3.8, 4) is 5.75 Å². The molecule has 15 heavy (non-hydrogen) atoms. The monoisotopic (exact) mass is 207 g/mol. The summed E-state index contributed by atoms with van der Waals surface area (Å²) in [5.74, 6) is 0.871. The summed E-state index contributed by atoms with van der Waals surface area (Å²) < 4.78 is 5.07. The highest BCUT2D eigenvalue weighted by Gasteiger charge is 2.00. The van der Waals surface area contributed by atoms with Crippen molar-refractivity contribution in [1.29, 1.82) is 0 Å². The fraction of sp³-hybridized carbons (Fsp3) is 0.385. The average Bonchev–Trinajstić information content (AvgIpc) is 2.31. The first-order valence-corrected chi connectivity index (χ1v) is 5.16. The van der Waals surface area contributed by atoms with Crippen LogP contribution in [0, 0.1) is 0 Å². The molecular weight excluding hydrogens is 186 g/mol. The Morgan fingerprint density at radius 1 is 1.13 bits per heavy atom. The summed E-state index contributed by atoms with van der Waals surface area (Å²) in [7, 11) is 5.62. The maximum Gasteiger partial charge on any atom is 0.118 e. The van der Waals surface area contributed by atoms with Crippen LogP contribution in [0.15, 0.2) is 30.8 Å². The molecule has 84 valence electrons. The zero-order chi connectivity index (χ0) is 11.8. The zero-order valence-electron chi connectivity index (χ0n) is 10.4. The molecule has 0 saturated carbocycles. The van der Waals surface area contributed by atoms with Gasteiger partial charge in [0.2, 0.25) is 0 Å². The highest BCUT2D eigenvalue weighted by molar-refractivity contribution is 5.61. The van der Waals surface area contributed by atoms with Crippen LogP contribution in [0.3, 0.4) is 0 Å². The maximum absolute atomic E-state index is 5.07. The largest absolute Gasteiger partial charge is 0.497 e. The molecule has 0 unspecified atom stereocenters. The summed E-state index contributed by atoms with van der Waals surface area (Å²) in [6, 6.07) is 7.87. The molecule has 0 aromatic heterocycles. The van der Waals surface area contributed by atoms with E-state index in [0.29, 0.717) is 0 Å². The van der Waals surface area contributed by atoms with E-state index in [1.807, 2.05) is 57.1 Å². The summed E-state index contributed by atoms with van der Waals surface area (Å²) >= 11 is 0. The number of benzene rings is 1. The van der Waals surface area contributed by atoms with Crippen molar-refractivity contribution < 1.29 is 4.74 Å². The molecule has 0 spiro atoms. The molecule has 2 nitrogen and oxygen atoms in total. The van der Waals surface area contributed by atoms with Crippen molar-refractivity contribution >= 4 is 5.70 Å². The predicted molar refractivity (Wildman–Crippen MR) is 67.1 cm³/mol. The summed E-state index contributed by atoms with van der Waals surface area (Å²) in [6.07, 6.45) is 0. The van der Waals surface area contributed by atoms with Gasteiger partial charge in [-0.1, -0.05) is 20.4 Å². The van der Waals surface area contributed by atoms with E-state index in [1.54, 1.807) is 7.11 Å². The summed E-state index contributed by atoms with van der Waals surface area (Å²) in [6.45, 7) is 7.97. The summed E-state index contributed by atoms with van der Waals surface area (Å²) in [5.41, 5.74) is 2.12. The SMILES string of the molecule is C=C(c1ccc(OC)cc1)N(C)C.CC. The number of methoxy groups -OCH3 is 1. The van der Waals surface area contributed by atoms with Crippen LogP contribution in [0.5, 0.6) is 5.75 Å². The van der Waals surface area contributed by atoms with Crippen molar-refractivity contribution in [2.75, 3.05) is 21.2 Å². The fourth-order valence-corrected chi connectivity index (χ4v) is 1.04. The normalized spacial score (nSPS) is 8.60. The van der Waals surface area contributed by atoms with Gasteiger partial charge >= 0.3 is 0 Å². The van der Waals surface area contributed by atoms with E-state index >= 15 is 0 Å². The Hall–Kier alpha value is -1.44. The minimum absolute atomic E-state index is 0.871. The van der Waals surface area contributed by atoms with E-state index in [2.05, 4.69) is 6.58 Å².